The van der Waals surface area contributed by atoms with Gasteiger partial charge in [0.15, 0.2) is 18.2 Å². The number of rotatable bonds is 18. The molecular weight excluding hydrogens is 766 g/mol. The predicted octanol–water partition coefficient (Wildman–Crippen LogP) is 4.35. The van der Waals surface area contributed by atoms with Gasteiger partial charge in [-0.1, -0.05) is 31.6 Å². The van der Waals surface area contributed by atoms with Gasteiger partial charge >= 0.3 is 18.1 Å². The highest BCUT2D eigenvalue weighted by Gasteiger charge is 2.63. The Morgan fingerprint density at radius 3 is 2.24 bits per heavy atom. The van der Waals surface area contributed by atoms with Crippen molar-refractivity contribution in [2.45, 2.75) is 103 Å². The third kappa shape index (κ3) is 11.9. The largest absolute Gasteiger partial charge is 0.514 e. The first kappa shape index (κ1) is 45.5. The number of carbonyl (C=O) groups is 5. The minimum atomic E-state index is -1.00. The number of aliphatic carboxylic acids is 1. The number of ether oxygens (including phenoxy) is 3. The van der Waals surface area contributed by atoms with E-state index in [1.54, 1.807) is 12.1 Å². The molecule has 19 nitrogen and oxygen atoms in total. The molecule has 3 fully saturated rings. The van der Waals surface area contributed by atoms with Crippen LogP contribution in [-0.2, 0) is 44.7 Å². The van der Waals surface area contributed by atoms with Gasteiger partial charge in [0, 0.05) is 18.8 Å². The molecule has 19 heteroatoms. The standard InChI is InChI=1S/C35H46N2O11.C4H7NO5/c1-34-14-13-23(38)18-22(34)7-10-25-26-11-12-27(35(26,2)19-29(39)31(25)34)30(40)20-46-33(42)48-24-8-5-21(6-9-24)17-28(36)32(41)45-15-3-4-16-47-37(43)44;6-4(7)2-1-3-10-5(8)9/h5-6,8-9,18,25-29,31,39H,3-4,7,10-17,19-20,36H2,1-2H3;1-3H2,(H,6,7). The van der Waals surface area contributed by atoms with Crippen molar-refractivity contribution in [3.63, 3.8) is 0 Å². The van der Waals surface area contributed by atoms with Gasteiger partial charge in [0.05, 0.1) is 25.9 Å². The number of esters is 1. The van der Waals surface area contributed by atoms with Crippen LogP contribution in [0.4, 0.5) is 4.79 Å². The minimum Gasteiger partial charge on any atom is -0.481 e. The molecule has 58 heavy (non-hydrogen) atoms. The third-order valence-corrected chi connectivity index (χ3v) is 12.2. The number of nitrogens with two attached hydrogens (primary N) is 1. The maximum atomic E-state index is 13.5. The number of aliphatic hydroxyl groups excluding tert-OH is 1. The predicted molar refractivity (Wildman–Crippen MR) is 200 cm³/mol. The van der Waals surface area contributed by atoms with Crippen molar-refractivity contribution in [3.05, 3.63) is 61.7 Å². The Labute approximate surface area is 334 Å². The van der Waals surface area contributed by atoms with Gasteiger partial charge in [-0.2, -0.15) is 0 Å². The number of fused-ring (bicyclic) bond motifs is 5. The van der Waals surface area contributed by atoms with Crippen molar-refractivity contribution in [3.8, 4) is 5.75 Å². The van der Waals surface area contributed by atoms with E-state index in [1.165, 1.54) is 17.7 Å². The zero-order valence-electron chi connectivity index (χ0n) is 32.7. The van der Waals surface area contributed by atoms with E-state index in [4.69, 9.17) is 25.1 Å². The van der Waals surface area contributed by atoms with E-state index in [-0.39, 0.29) is 85.5 Å². The van der Waals surface area contributed by atoms with Crippen LogP contribution in [0.3, 0.4) is 0 Å². The quantitative estimate of drug-likeness (QED) is 0.0610. The Balaban J connectivity index is 0.000000657. The smallest absolute Gasteiger partial charge is 0.481 e. The number of benzene rings is 1. The van der Waals surface area contributed by atoms with Crippen molar-refractivity contribution >= 4 is 29.7 Å². The van der Waals surface area contributed by atoms with Crippen molar-refractivity contribution in [2.75, 3.05) is 26.4 Å². The van der Waals surface area contributed by atoms with Gasteiger partial charge in [-0.15, -0.1) is 20.2 Å². The number of nitrogens with zero attached hydrogens (tertiary/aromatic N) is 2. The number of hydrogen-bond acceptors (Lipinski definition) is 16. The maximum absolute atomic E-state index is 13.5. The molecule has 0 amide bonds. The van der Waals surface area contributed by atoms with E-state index in [0.29, 0.717) is 37.7 Å². The summed E-state index contributed by atoms with van der Waals surface area (Å²) in [5.74, 6) is -1.10. The first-order valence-electron chi connectivity index (χ1n) is 19.5. The summed E-state index contributed by atoms with van der Waals surface area (Å²) in [6, 6.07) is 5.42. The number of ketones is 2. The van der Waals surface area contributed by atoms with Crippen LogP contribution in [0, 0.1) is 54.7 Å². The molecule has 3 saturated carbocycles. The number of carboxylic acid groups (broad SMARTS) is 1. The first-order valence-corrected chi connectivity index (χ1v) is 19.5. The zero-order valence-corrected chi connectivity index (χ0v) is 32.7. The normalized spacial score (nSPS) is 27.4. The summed E-state index contributed by atoms with van der Waals surface area (Å²) in [6.07, 6.45) is 6.33. The summed E-state index contributed by atoms with van der Waals surface area (Å²) >= 11 is 0. The van der Waals surface area contributed by atoms with Gasteiger partial charge < -0.3 is 39.8 Å². The molecule has 1 aromatic rings. The highest BCUT2D eigenvalue weighted by Crippen LogP contribution is 2.66. The zero-order chi connectivity index (χ0) is 42.6. The van der Waals surface area contributed by atoms with E-state index < -0.39 is 52.4 Å². The van der Waals surface area contributed by atoms with Crippen LogP contribution >= 0.6 is 0 Å². The second kappa shape index (κ2) is 20.5. The molecular formula is C39H53N3O16. The molecule has 0 saturated heterocycles. The first-order chi connectivity index (χ1) is 27.4. The van der Waals surface area contributed by atoms with Gasteiger partial charge in [-0.05, 0) is 117 Å². The molecule has 0 aliphatic heterocycles. The summed E-state index contributed by atoms with van der Waals surface area (Å²) < 4.78 is 15.6. The van der Waals surface area contributed by atoms with Gasteiger partial charge in [-0.3, -0.25) is 19.2 Å². The van der Waals surface area contributed by atoms with Crippen LogP contribution in [0.15, 0.2) is 35.9 Å². The molecule has 0 radical (unpaired) electrons. The highest BCUT2D eigenvalue weighted by molar-refractivity contribution is 5.91. The van der Waals surface area contributed by atoms with Gasteiger partial charge in [0.25, 0.3) is 10.2 Å². The van der Waals surface area contributed by atoms with E-state index in [0.717, 1.165) is 25.7 Å². The number of Topliss-reactive ketones (excluding diaryl/α,β-unsaturated/α-hetero) is 1. The van der Waals surface area contributed by atoms with Crippen LogP contribution in [0.2, 0.25) is 0 Å². The molecule has 4 aliphatic rings. The summed E-state index contributed by atoms with van der Waals surface area (Å²) in [5.41, 5.74) is 7.23. The topological polar surface area (TPSA) is 284 Å². The molecule has 320 valence electrons. The summed E-state index contributed by atoms with van der Waals surface area (Å²) in [6.45, 7) is 3.73. The Kier molecular flexibility index (Phi) is 16.1. The van der Waals surface area contributed by atoms with Crippen LogP contribution < -0.4 is 10.5 Å². The molecule has 5 rings (SSSR count). The number of aliphatic hydroxyl groups is 1. The average Bonchev–Trinajstić information content (AvgIpc) is 3.51. The minimum absolute atomic E-state index is 0.0661. The van der Waals surface area contributed by atoms with Crippen molar-refractivity contribution in [1.82, 2.24) is 0 Å². The SMILES string of the molecule is CC12CCC(=O)C=C1CCC1C2C(O)CC2(C)C(C(=O)COC(=O)Oc3ccc(CC(N)C(=O)OCCCCO[N+](=O)[O-])cc3)CCC12.O=C(O)CCCO[N+](=O)[O-]. The van der Waals surface area contributed by atoms with Crippen molar-refractivity contribution in [1.29, 1.82) is 0 Å². The average molecular weight is 820 g/mol. The highest BCUT2D eigenvalue weighted by atomic mass is 17.0. The number of hydrogen-bond donors (Lipinski definition) is 3. The van der Waals surface area contributed by atoms with Gasteiger partial charge in [-0.25, -0.2) is 4.79 Å². The third-order valence-electron chi connectivity index (χ3n) is 12.2. The number of unbranched alkanes of at least 4 members (excludes halogenated alkanes) is 1. The summed E-state index contributed by atoms with van der Waals surface area (Å²) in [4.78, 5) is 87.7. The van der Waals surface area contributed by atoms with E-state index in [2.05, 4.69) is 23.5 Å². The molecule has 4 N–H and O–H groups in total. The molecule has 4 aliphatic carbocycles. The van der Waals surface area contributed by atoms with Gasteiger partial charge in [0.1, 0.15) is 11.8 Å². The molecule has 8 unspecified atom stereocenters. The summed E-state index contributed by atoms with van der Waals surface area (Å²) in [7, 11) is 0. The monoisotopic (exact) mass is 819 g/mol. The molecule has 0 spiro atoms. The van der Waals surface area contributed by atoms with E-state index >= 15 is 0 Å². The lowest BCUT2D eigenvalue weighted by Crippen LogP contribution is -2.57. The lowest BCUT2D eigenvalue weighted by Gasteiger charge is -2.59. The van der Waals surface area contributed by atoms with E-state index in [1.807, 2.05) is 6.08 Å². The van der Waals surface area contributed by atoms with Crippen molar-refractivity contribution < 1.29 is 68.2 Å². The number of carbonyl (C=O) groups excluding carboxylic acids is 4. The van der Waals surface area contributed by atoms with E-state index in [9.17, 15) is 49.3 Å². The van der Waals surface area contributed by atoms with Crippen molar-refractivity contribution in [2.24, 2.45) is 40.2 Å². The molecule has 0 bridgehead atoms. The Morgan fingerprint density at radius 1 is 0.931 bits per heavy atom. The maximum Gasteiger partial charge on any atom is 0.514 e. The fourth-order valence-corrected chi connectivity index (χ4v) is 9.59. The second-order valence-corrected chi connectivity index (χ2v) is 15.8. The molecule has 1 aromatic carbocycles. The lowest BCUT2D eigenvalue weighted by molar-refractivity contribution is -0.757. The summed E-state index contributed by atoms with van der Waals surface area (Å²) in [5, 5.41) is 37.4. The molecule has 8 atom stereocenters. The fraction of sp³-hybridized carbons (Fsp3) is 0.667. The van der Waals surface area contributed by atoms with Crippen LogP contribution in [-0.4, -0.2) is 88.6 Å². The Hall–Kier alpha value is -5.17. The van der Waals surface area contributed by atoms with Crippen LogP contribution in [0.1, 0.15) is 90.0 Å². The lowest BCUT2D eigenvalue weighted by atomic mass is 9.46. The molecule has 0 aromatic heterocycles. The number of carboxylic acids is 1. The Bertz CT molecular complexity index is 1690. The number of allylic oxidation sites excluding steroid dienone is 1. The second-order valence-electron chi connectivity index (χ2n) is 15.8. The van der Waals surface area contributed by atoms with Gasteiger partial charge in [0.2, 0.25) is 0 Å². The molecule has 0 heterocycles. The van der Waals surface area contributed by atoms with Crippen LogP contribution in [0.25, 0.3) is 0 Å². The fourth-order valence-electron chi connectivity index (χ4n) is 9.59. The van der Waals surface area contributed by atoms with Crippen LogP contribution in [0.5, 0.6) is 5.75 Å². The Morgan fingerprint density at radius 2 is 1.59 bits per heavy atom.